The molecule has 4 atom stereocenters. The van der Waals surface area contributed by atoms with Gasteiger partial charge in [-0.05, 0) is 43.4 Å². The third-order valence-corrected chi connectivity index (χ3v) is 7.06. The number of hydrogen-bond acceptors (Lipinski definition) is 4. The van der Waals surface area contributed by atoms with Gasteiger partial charge in [0, 0.05) is 56.0 Å². The molecule has 1 aromatic heterocycles. The van der Waals surface area contributed by atoms with Gasteiger partial charge in [-0.25, -0.2) is 0 Å². The number of fused-ring (bicyclic) bond motifs is 1. The topological polar surface area (TPSA) is 54.5 Å². The van der Waals surface area contributed by atoms with Gasteiger partial charge in [-0.15, -0.1) is 0 Å². The van der Waals surface area contributed by atoms with Crippen molar-refractivity contribution in [2.75, 3.05) is 24.5 Å². The number of aromatic nitrogens is 1. The number of hydrogen-bond donors (Lipinski definition) is 1. The number of amides is 1. The second-order valence-electron chi connectivity index (χ2n) is 8.76. The minimum Gasteiger partial charge on any atom is -0.369 e. The van der Waals surface area contributed by atoms with E-state index in [1.54, 1.807) is 0 Å². The third kappa shape index (κ3) is 3.64. The quantitative estimate of drug-likeness (QED) is 0.788. The maximum atomic E-state index is 12.4. The van der Waals surface area contributed by atoms with Crippen LogP contribution in [0.4, 0.5) is 5.69 Å². The predicted octanol–water partition coefficient (Wildman–Crippen LogP) is 3.20. The van der Waals surface area contributed by atoms with Crippen LogP contribution in [0.3, 0.4) is 0 Å². The van der Waals surface area contributed by atoms with Gasteiger partial charge in [0.05, 0.1) is 11.7 Å². The summed E-state index contributed by atoms with van der Waals surface area (Å²) in [6, 6.07) is 14.5. The van der Waals surface area contributed by atoms with Gasteiger partial charge in [0.15, 0.2) is 0 Å². The molecule has 3 saturated heterocycles. The summed E-state index contributed by atoms with van der Waals surface area (Å²) in [5.74, 6) is 1.09. The van der Waals surface area contributed by atoms with Crippen molar-refractivity contribution >= 4 is 11.6 Å². The number of ether oxygens (including phenoxy) is 1. The van der Waals surface area contributed by atoms with Crippen molar-refractivity contribution in [3.8, 4) is 0 Å². The van der Waals surface area contributed by atoms with Crippen LogP contribution in [0.5, 0.6) is 0 Å². The van der Waals surface area contributed by atoms with Crippen LogP contribution in [0.2, 0.25) is 0 Å². The number of pyridine rings is 1. The van der Waals surface area contributed by atoms with Gasteiger partial charge in [0.25, 0.3) is 0 Å². The minimum absolute atomic E-state index is 0.0172. The molecule has 0 radical (unpaired) electrons. The summed E-state index contributed by atoms with van der Waals surface area (Å²) in [4.78, 5) is 19.0. The summed E-state index contributed by atoms with van der Waals surface area (Å²) in [5.41, 5.74) is 2.50. The molecule has 0 saturated carbocycles. The van der Waals surface area contributed by atoms with Crippen molar-refractivity contribution in [1.82, 2.24) is 10.3 Å². The van der Waals surface area contributed by atoms with E-state index in [4.69, 9.17) is 4.74 Å². The van der Waals surface area contributed by atoms with Crippen molar-refractivity contribution in [3.05, 3.63) is 60.4 Å². The fourth-order valence-electron chi connectivity index (χ4n) is 5.63. The van der Waals surface area contributed by atoms with E-state index in [9.17, 15) is 4.79 Å². The molecule has 152 valence electrons. The molecule has 3 fully saturated rings. The van der Waals surface area contributed by atoms with Crippen molar-refractivity contribution in [2.45, 2.75) is 43.8 Å². The van der Waals surface area contributed by atoms with Gasteiger partial charge in [-0.1, -0.05) is 30.3 Å². The zero-order valence-electron chi connectivity index (χ0n) is 16.8. The van der Waals surface area contributed by atoms with Crippen molar-refractivity contribution in [1.29, 1.82) is 0 Å². The second kappa shape index (κ2) is 7.79. The van der Waals surface area contributed by atoms with Gasteiger partial charge >= 0.3 is 0 Å². The molecule has 0 aliphatic carbocycles. The van der Waals surface area contributed by atoms with Crippen LogP contribution in [0.1, 0.15) is 31.2 Å². The normalized spacial score (nSPS) is 29.8. The largest absolute Gasteiger partial charge is 0.369 e. The molecule has 5 nitrogen and oxygen atoms in total. The SMILES string of the molecule is O=C(CCCc1ccccc1)NC[C@H]1[C@H]2CN(c3ccncc3)C[C@]23CC[C@H]1O3. The Morgan fingerprint density at radius 3 is 2.86 bits per heavy atom. The number of nitrogens with zero attached hydrogens (tertiary/aromatic N) is 2. The molecule has 2 aromatic rings. The predicted molar refractivity (Wildman–Crippen MR) is 113 cm³/mol. The Kier molecular flexibility index (Phi) is 5.00. The number of anilines is 1. The molecule has 1 N–H and O–H groups in total. The number of nitrogens with one attached hydrogen (secondary N) is 1. The Hall–Kier alpha value is -2.40. The van der Waals surface area contributed by atoms with E-state index in [1.807, 2.05) is 18.5 Å². The number of carbonyl (C=O) groups is 1. The molecule has 29 heavy (non-hydrogen) atoms. The highest BCUT2D eigenvalue weighted by molar-refractivity contribution is 5.75. The zero-order chi connectivity index (χ0) is 19.7. The summed E-state index contributed by atoms with van der Waals surface area (Å²) in [7, 11) is 0. The molecule has 1 spiro atoms. The van der Waals surface area contributed by atoms with Crippen LogP contribution in [0, 0.1) is 11.8 Å². The van der Waals surface area contributed by atoms with Gasteiger partial charge < -0.3 is 15.0 Å². The van der Waals surface area contributed by atoms with Gasteiger partial charge in [0.2, 0.25) is 5.91 Å². The monoisotopic (exact) mass is 391 g/mol. The minimum atomic E-state index is -0.0172. The number of aryl methyl sites for hydroxylation is 1. The molecular formula is C24H29N3O2. The zero-order valence-corrected chi connectivity index (χ0v) is 16.8. The second-order valence-corrected chi connectivity index (χ2v) is 8.76. The smallest absolute Gasteiger partial charge is 0.220 e. The summed E-state index contributed by atoms with van der Waals surface area (Å²) in [6.45, 7) is 2.71. The highest BCUT2D eigenvalue weighted by atomic mass is 16.5. The Morgan fingerprint density at radius 2 is 2.03 bits per heavy atom. The van der Waals surface area contributed by atoms with Crippen LogP contribution in [0.15, 0.2) is 54.9 Å². The standard InChI is InChI=1S/C24H29N3O2/c28-23(8-4-7-18-5-2-1-3-6-18)26-15-20-21-16-27(19-10-13-25-14-11-19)17-24(21)12-9-22(20)29-24/h1-3,5-6,10-11,13-14,20-22H,4,7-9,12,15-17H2,(H,26,28)/t20-,21+,22+,24+/m0/s1. The van der Waals surface area contributed by atoms with Gasteiger partial charge in [-0.3, -0.25) is 9.78 Å². The first kappa shape index (κ1) is 18.6. The van der Waals surface area contributed by atoms with Gasteiger partial charge in [-0.2, -0.15) is 0 Å². The average Bonchev–Trinajstić information content (AvgIpc) is 3.42. The van der Waals surface area contributed by atoms with E-state index < -0.39 is 0 Å². The van der Waals surface area contributed by atoms with E-state index in [0.717, 1.165) is 45.3 Å². The lowest BCUT2D eigenvalue weighted by atomic mass is 9.73. The average molecular weight is 392 g/mol. The highest BCUT2D eigenvalue weighted by Crippen LogP contribution is 2.55. The summed E-state index contributed by atoms with van der Waals surface area (Å²) in [5, 5.41) is 3.21. The lowest BCUT2D eigenvalue weighted by Crippen LogP contribution is -2.41. The molecule has 0 unspecified atom stereocenters. The lowest BCUT2D eigenvalue weighted by Gasteiger charge is -2.29. The van der Waals surface area contributed by atoms with Crippen molar-refractivity contribution in [2.24, 2.45) is 11.8 Å². The number of rotatable bonds is 7. The van der Waals surface area contributed by atoms with Crippen LogP contribution in [-0.4, -0.2) is 42.2 Å². The van der Waals surface area contributed by atoms with Crippen LogP contribution < -0.4 is 10.2 Å². The summed E-state index contributed by atoms with van der Waals surface area (Å²) >= 11 is 0. The molecule has 5 heteroatoms. The Balaban J connectivity index is 1.14. The Morgan fingerprint density at radius 1 is 1.21 bits per heavy atom. The van der Waals surface area contributed by atoms with Crippen LogP contribution >= 0.6 is 0 Å². The Bertz CT molecular complexity index is 844. The van der Waals surface area contributed by atoms with E-state index in [1.165, 1.54) is 11.3 Å². The molecule has 1 amide bonds. The van der Waals surface area contributed by atoms with Crippen molar-refractivity contribution < 1.29 is 9.53 Å². The first-order chi connectivity index (χ1) is 14.2. The molecule has 1 aromatic carbocycles. The summed E-state index contributed by atoms with van der Waals surface area (Å²) < 4.78 is 6.51. The molecular weight excluding hydrogens is 362 g/mol. The van der Waals surface area contributed by atoms with E-state index >= 15 is 0 Å². The molecule has 3 aliphatic heterocycles. The highest BCUT2D eigenvalue weighted by Gasteiger charge is 2.62. The van der Waals surface area contributed by atoms with E-state index in [-0.39, 0.29) is 11.5 Å². The molecule has 3 aliphatic rings. The number of benzene rings is 1. The van der Waals surface area contributed by atoms with Crippen LogP contribution in [-0.2, 0) is 16.0 Å². The summed E-state index contributed by atoms with van der Waals surface area (Å²) in [6.07, 6.45) is 8.72. The molecule has 4 heterocycles. The fraction of sp³-hybridized carbons (Fsp3) is 0.500. The first-order valence-corrected chi connectivity index (χ1v) is 10.9. The van der Waals surface area contributed by atoms with E-state index in [2.05, 4.69) is 51.6 Å². The fourth-order valence-corrected chi connectivity index (χ4v) is 5.63. The lowest BCUT2D eigenvalue weighted by molar-refractivity contribution is -0.121. The number of carbonyl (C=O) groups excluding carboxylic acids is 1. The maximum Gasteiger partial charge on any atom is 0.220 e. The van der Waals surface area contributed by atoms with Crippen LogP contribution in [0.25, 0.3) is 0 Å². The first-order valence-electron chi connectivity index (χ1n) is 10.9. The maximum absolute atomic E-state index is 12.4. The molecule has 5 rings (SSSR count). The molecule has 2 bridgehead atoms. The van der Waals surface area contributed by atoms with Crippen molar-refractivity contribution in [3.63, 3.8) is 0 Å². The van der Waals surface area contributed by atoms with E-state index in [0.29, 0.717) is 24.4 Å². The van der Waals surface area contributed by atoms with Gasteiger partial charge in [0.1, 0.15) is 0 Å². The Labute approximate surface area is 172 Å². The third-order valence-electron chi connectivity index (χ3n) is 7.06.